The molecule has 5 rings (SSSR count). The zero-order valence-corrected chi connectivity index (χ0v) is 20.2. The largest absolute Gasteiger partial charge is 0.340 e. The van der Waals surface area contributed by atoms with Crippen LogP contribution in [0.3, 0.4) is 0 Å². The molecule has 1 heterocycles. The van der Waals surface area contributed by atoms with Crippen LogP contribution in [0.4, 0.5) is 4.39 Å². The maximum absolute atomic E-state index is 13.9. The van der Waals surface area contributed by atoms with Gasteiger partial charge in [-0.2, -0.15) is 5.10 Å². The highest BCUT2D eigenvalue weighted by Crippen LogP contribution is 2.27. The van der Waals surface area contributed by atoms with E-state index in [4.69, 9.17) is 5.10 Å². The van der Waals surface area contributed by atoms with Gasteiger partial charge in [-0.15, -0.1) is 0 Å². The van der Waals surface area contributed by atoms with E-state index in [2.05, 4.69) is 5.32 Å². The highest BCUT2D eigenvalue weighted by molar-refractivity contribution is 5.95. The molecule has 0 saturated carbocycles. The van der Waals surface area contributed by atoms with Gasteiger partial charge in [0, 0.05) is 5.56 Å². The van der Waals surface area contributed by atoms with E-state index in [1.807, 2.05) is 92.7 Å². The average Bonchev–Trinajstić information content (AvgIpc) is 3.35. The Kier molecular flexibility index (Phi) is 6.46. The summed E-state index contributed by atoms with van der Waals surface area (Å²) < 4.78 is 15.2. The fourth-order valence-corrected chi connectivity index (χ4v) is 4.29. The summed E-state index contributed by atoms with van der Waals surface area (Å²) in [6.07, 6.45) is 0. The van der Waals surface area contributed by atoms with E-state index in [1.165, 1.54) is 12.1 Å². The number of aryl methyl sites for hydroxylation is 2. The van der Waals surface area contributed by atoms with Gasteiger partial charge in [-0.1, -0.05) is 72.8 Å². The molecule has 0 radical (unpaired) electrons. The maximum Gasteiger partial charge on any atom is 0.270 e. The summed E-state index contributed by atoms with van der Waals surface area (Å²) >= 11 is 0. The minimum atomic E-state index is -0.337. The van der Waals surface area contributed by atoms with Gasteiger partial charge in [0.25, 0.3) is 5.91 Å². The molecule has 0 aliphatic rings. The third-order valence-electron chi connectivity index (χ3n) is 6.22. The number of halogens is 1. The van der Waals surface area contributed by atoms with Gasteiger partial charge in [0.2, 0.25) is 0 Å². The Morgan fingerprint density at radius 3 is 2.03 bits per heavy atom. The first kappa shape index (κ1) is 23.2. The quantitative estimate of drug-likeness (QED) is 0.293. The number of nitrogens with one attached hydrogen (secondary N) is 1. The lowest BCUT2D eigenvalue weighted by molar-refractivity contribution is 0.0935. The smallest absolute Gasteiger partial charge is 0.270 e. The molecule has 1 amide bonds. The molecule has 0 aliphatic heterocycles. The number of hydrogen-bond acceptors (Lipinski definition) is 2. The molecular formula is C31H26FN3O. The zero-order chi connectivity index (χ0) is 25.1. The van der Waals surface area contributed by atoms with Crippen LogP contribution < -0.4 is 5.32 Å². The Labute approximate surface area is 210 Å². The van der Waals surface area contributed by atoms with Crippen LogP contribution in [0.1, 0.15) is 38.8 Å². The first-order chi connectivity index (χ1) is 17.5. The molecule has 0 atom stereocenters. The van der Waals surface area contributed by atoms with Gasteiger partial charge in [0.05, 0.1) is 17.4 Å². The lowest BCUT2D eigenvalue weighted by atomic mass is 9.98. The standard InChI is InChI=1S/C31H26FN3O/c1-21-13-14-22(2)28(19-21)35-29(20-27(34-35)23-15-17-26(32)18-16-23)31(36)33-30(24-9-5-3-6-10-24)25-11-7-4-8-12-25/h3-20,30H,1-2H3,(H,33,36). The molecule has 0 spiro atoms. The third-order valence-corrected chi connectivity index (χ3v) is 6.22. The van der Waals surface area contributed by atoms with Gasteiger partial charge in [-0.3, -0.25) is 4.79 Å². The van der Waals surface area contributed by atoms with Crippen molar-refractivity contribution >= 4 is 5.91 Å². The summed E-state index contributed by atoms with van der Waals surface area (Å²) in [6, 6.07) is 33.4. The maximum atomic E-state index is 13.9. The van der Waals surface area contributed by atoms with Crippen molar-refractivity contribution in [3.8, 4) is 16.9 Å². The van der Waals surface area contributed by atoms with Gasteiger partial charge < -0.3 is 5.32 Å². The van der Waals surface area contributed by atoms with Crippen molar-refractivity contribution in [1.82, 2.24) is 15.1 Å². The predicted molar refractivity (Wildman–Crippen MR) is 141 cm³/mol. The topological polar surface area (TPSA) is 46.9 Å². The van der Waals surface area contributed by atoms with E-state index in [1.54, 1.807) is 22.9 Å². The highest BCUT2D eigenvalue weighted by atomic mass is 19.1. The number of carbonyl (C=O) groups excluding carboxylic acids is 1. The molecule has 0 unspecified atom stereocenters. The number of hydrogen-bond donors (Lipinski definition) is 1. The van der Waals surface area contributed by atoms with Crippen molar-refractivity contribution in [3.63, 3.8) is 0 Å². The molecule has 0 aliphatic carbocycles. The van der Waals surface area contributed by atoms with E-state index in [9.17, 15) is 9.18 Å². The second-order valence-electron chi connectivity index (χ2n) is 8.85. The van der Waals surface area contributed by atoms with Crippen molar-refractivity contribution in [3.05, 3.63) is 143 Å². The molecule has 1 aromatic heterocycles. The highest BCUT2D eigenvalue weighted by Gasteiger charge is 2.23. The normalized spacial score (nSPS) is 11.0. The summed E-state index contributed by atoms with van der Waals surface area (Å²) in [5.74, 6) is -0.575. The number of carbonyl (C=O) groups is 1. The van der Waals surface area contributed by atoms with Gasteiger partial charge in [0.15, 0.2) is 0 Å². The molecule has 178 valence electrons. The number of nitrogens with zero attached hydrogens (tertiary/aromatic N) is 2. The van der Waals surface area contributed by atoms with Crippen molar-refractivity contribution in [2.45, 2.75) is 19.9 Å². The minimum Gasteiger partial charge on any atom is -0.340 e. The van der Waals surface area contributed by atoms with E-state index in [0.29, 0.717) is 11.4 Å². The molecular weight excluding hydrogens is 449 g/mol. The second-order valence-corrected chi connectivity index (χ2v) is 8.85. The van der Waals surface area contributed by atoms with Crippen LogP contribution >= 0.6 is 0 Å². The fourth-order valence-electron chi connectivity index (χ4n) is 4.29. The van der Waals surface area contributed by atoms with E-state index < -0.39 is 0 Å². The van der Waals surface area contributed by atoms with Crippen LogP contribution in [0, 0.1) is 19.7 Å². The van der Waals surface area contributed by atoms with Gasteiger partial charge in [0.1, 0.15) is 11.5 Å². The fraction of sp³-hybridized carbons (Fsp3) is 0.0968. The SMILES string of the molecule is Cc1ccc(C)c(-n2nc(-c3ccc(F)cc3)cc2C(=O)NC(c2ccccc2)c2ccccc2)c1. The van der Waals surface area contributed by atoms with Crippen molar-refractivity contribution in [2.24, 2.45) is 0 Å². The average molecular weight is 476 g/mol. The van der Waals surface area contributed by atoms with Gasteiger partial charge >= 0.3 is 0 Å². The Bertz CT molecular complexity index is 1450. The first-order valence-corrected chi connectivity index (χ1v) is 11.8. The predicted octanol–water partition coefficient (Wildman–Crippen LogP) is 6.81. The number of aromatic nitrogens is 2. The molecule has 1 N–H and O–H groups in total. The van der Waals surface area contributed by atoms with Crippen molar-refractivity contribution in [2.75, 3.05) is 0 Å². The molecule has 0 saturated heterocycles. The van der Waals surface area contributed by atoms with E-state index in [0.717, 1.165) is 33.5 Å². The lowest BCUT2D eigenvalue weighted by Crippen LogP contribution is -2.31. The van der Waals surface area contributed by atoms with Crippen molar-refractivity contribution in [1.29, 1.82) is 0 Å². The van der Waals surface area contributed by atoms with Crippen LogP contribution in [-0.2, 0) is 0 Å². The molecule has 5 heteroatoms. The lowest BCUT2D eigenvalue weighted by Gasteiger charge is -2.20. The number of benzene rings is 4. The van der Waals surface area contributed by atoms with Crippen LogP contribution in [0.15, 0.2) is 109 Å². The summed E-state index contributed by atoms with van der Waals surface area (Å²) in [5, 5.41) is 8.01. The molecule has 5 aromatic rings. The molecule has 0 fully saturated rings. The van der Waals surface area contributed by atoms with Gasteiger partial charge in [-0.05, 0) is 72.5 Å². The Balaban J connectivity index is 1.60. The zero-order valence-electron chi connectivity index (χ0n) is 20.2. The number of amides is 1. The second kappa shape index (κ2) is 10.0. The summed E-state index contributed by atoms with van der Waals surface area (Å²) in [5.41, 5.74) is 6.57. The Morgan fingerprint density at radius 2 is 1.42 bits per heavy atom. The Morgan fingerprint density at radius 1 is 0.806 bits per heavy atom. The molecule has 4 aromatic carbocycles. The third kappa shape index (κ3) is 4.82. The number of rotatable bonds is 6. The summed E-state index contributed by atoms with van der Waals surface area (Å²) in [4.78, 5) is 13.9. The van der Waals surface area contributed by atoms with Crippen molar-refractivity contribution < 1.29 is 9.18 Å². The molecule has 0 bridgehead atoms. The van der Waals surface area contributed by atoms with Gasteiger partial charge in [-0.25, -0.2) is 9.07 Å². The van der Waals surface area contributed by atoms with Crippen LogP contribution in [0.25, 0.3) is 16.9 Å². The minimum absolute atomic E-state index is 0.255. The van der Waals surface area contributed by atoms with Crippen LogP contribution in [-0.4, -0.2) is 15.7 Å². The summed E-state index contributed by atoms with van der Waals surface area (Å²) in [7, 11) is 0. The molecule has 36 heavy (non-hydrogen) atoms. The monoisotopic (exact) mass is 475 g/mol. The Hall–Kier alpha value is -4.51. The van der Waals surface area contributed by atoms with E-state index in [-0.39, 0.29) is 17.8 Å². The van der Waals surface area contributed by atoms with Crippen LogP contribution in [0.2, 0.25) is 0 Å². The van der Waals surface area contributed by atoms with Crippen LogP contribution in [0.5, 0.6) is 0 Å². The molecule has 4 nitrogen and oxygen atoms in total. The summed E-state index contributed by atoms with van der Waals surface area (Å²) in [6.45, 7) is 4.00. The van der Waals surface area contributed by atoms with E-state index >= 15 is 0 Å². The first-order valence-electron chi connectivity index (χ1n) is 11.8.